The largest absolute Gasteiger partial charge is 0.472 e. The van der Waals surface area contributed by atoms with Crippen LogP contribution in [0.15, 0.2) is 18.3 Å². The average Bonchev–Trinajstić information content (AvgIpc) is 3.08. The van der Waals surface area contributed by atoms with E-state index in [9.17, 15) is 9.59 Å². The highest BCUT2D eigenvalue weighted by Gasteiger charge is 2.37. The van der Waals surface area contributed by atoms with Crippen LogP contribution in [0.3, 0.4) is 0 Å². The molecule has 0 spiro atoms. The summed E-state index contributed by atoms with van der Waals surface area (Å²) in [5.41, 5.74) is 1.09. The van der Waals surface area contributed by atoms with Crippen molar-refractivity contribution in [2.75, 3.05) is 26.7 Å². The Morgan fingerprint density at radius 1 is 1.36 bits per heavy atom. The van der Waals surface area contributed by atoms with E-state index in [2.05, 4.69) is 4.98 Å². The third-order valence-corrected chi connectivity index (χ3v) is 4.32. The summed E-state index contributed by atoms with van der Waals surface area (Å²) >= 11 is 0. The summed E-state index contributed by atoms with van der Waals surface area (Å²) in [6, 6.07) is 3.81. The quantitative estimate of drug-likeness (QED) is 0.830. The van der Waals surface area contributed by atoms with Gasteiger partial charge in [-0.05, 0) is 12.5 Å². The molecule has 1 aromatic rings. The summed E-state index contributed by atoms with van der Waals surface area (Å²) in [5.74, 6) is 0.518. The molecule has 2 amide bonds. The Bertz CT molecular complexity index is 573. The summed E-state index contributed by atoms with van der Waals surface area (Å²) in [5, 5.41) is 0. The van der Waals surface area contributed by atoms with Crippen LogP contribution < -0.4 is 4.74 Å². The number of likely N-dealkylation sites (tertiary alicyclic amines) is 2. The smallest absolute Gasteiger partial charge is 0.228 e. The van der Waals surface area contributed by atoms with E-state index in [4.69, 9.17) is 4.74 Å². The number of ether oxygens (including phenoxy) is 1. The zero-order valence-electron chi connectivity index (χ0n) is 13.0. The van der Waals surface area contributed by atoms with E-state index in [0.29, 0.717) is 31.9 Å². The van der Waals surface area contributed by atoms with Crippen LogP contribution in [0, 0.1) is 12.8 Å². The second-order valence-electron chi connectivity index (χ2n) is 6.16. The van der Waals surface area contributed by atoms with Crippen molar-refractivity contribution in [2.24, 2.45) is 5.92 Å². The number of nitrogens with zero attached hydrogens (tertiary/aromatic N) is 3. The first-order valence-corrected chi connectivity index (χ1v) is 7.65. The highest BCUT2D eigenvalue weighted by molar-refractivity contribution is 5.89. The maximum absolute atomic E-state index is 12.5. The lowest BCUT2D eigenvalue weighted by atomic mass is 10.1. The van der Waals surface area contributed by atoms with Crippen molar-refractivity contribution in [1.82, 2.24) is 14.8 Å². The van der Waals surface area contributed by atoms with Crippen LogP contribution >= 0.6 is 0 Å². The van der Waals surface area contributed by atoms with Crippen LogP contribution in [0.2, 0.25) is 0 Å². The number of aryl methyl sites for hydroxylation is 1. The van der Waals surface area contributed by atoms with E-state index < -0.39 is 0 Å². The SMILES string of the molecule is Cc1ccc(OC2CCN(C(=O)C3CC(=O)N(C)C3)C2)nc1. The van der Waals surface area contributed by atoms with E-state index in [1.165, 1.54) is 0 Å². The predicted molar refractivity (Wildman–Crippen MR) is 80.3 cm³/mol. The van der Waals surface area contributed by atoms with Crippen molar-refractivity contribution in [1.29, 1.82) is 0 Å². The van der Waals surface area contributed by atoms with Gasteiger partial charge in [-0.15, -0.1) is 0 Å². The molecule has 118 valence electrons. The van der Waals surface area contributed by atoms with E-state index in [1.54, 1.807) is 18.1 Å². The third kappa shape index (κ3) is 3.05. The second kappa shape index (κ2) is 5.94. The molecule has 3 rings (SSSR count). The number of aromatic nitrogens is 1. The van der Waals surface area contributed by atoms with Crippen LogP contribution in [-0.2, 0) is 9.59 Å². The molecule has 0 radical (unpaired) electrons. The number of pyridine rings is 1. The van der Waals surface area contributed by atoms with E-state index in [0.717, 1.165) is 12.0 Å². The fourth-order valence-electron chi connectivity index (χ4n) is 3.01. The van der Waals surface area contributed by atoms with Gasteiger partial charge in [-0.1, -0.05) is 6.07 Å². The van der Waals surface area contributed by atoms with Gasteiger partial charge in [0.1, 0.15) is 6.10 Å². The molecular formula is C16H21N3O3. The Kier molecular flexibility index (Phi) is 4.00. The zero-order valence-corrected chi connectivity index (χ0v) is 13.0. The summed E-state index contributed by atoms with van der Waals surface area (Å²) in [7, 11) is 1.74. The molecular weight excluding hydrogens is 282 g/mol. The molecule has 6 heteroatoms. The fraction of sp³-hybridized carbons (Fsp3) is 0.562. The van der Waals surface area contributed by atoms with Gasteiger partial charge in [0.25, 0.3) is 0 Å². The van der Waals surface area contributed by atoms with Gasteiger partial charge in [-0.3, -0.25) is 9.59 Å². The van der Waals surface area contributed by atoms with Gasteiger partial charge >= 0.3 is 0 Å². The highest BCUT2D eigenvalue weighted by Crippen LogP contribution is 2.23. The second-order valence-corrected chi connectivity index (χ2v) is 6.16. The summed E-state index contributed by atoms with van der Waals surface area (Å²) in [6.45, 7) is 3.76. The average molecular weight is 303 g/mol. The summed E-state index contributed by atoms with van der Waals surface area (Å²) in [6.07, 6.45) is 2.89. The fourth-order valence-corrected chi connectivity index (χ4v) is 3.01. The molecule has 2 unspecified atom stereocenters. The van der Waals surface area contributed by atoms with Crippen molar-refractivity contribution >= 4 is 11.8 Å². The molecule has 1 aromatic heterocycles. The molecule has 0 bridgehead atoms. The Morgan fingerprint density at radius 2 is 2.18 bits per heavy atom. The molecule has 2 aliphatic rings. The number of hydrogen-bond donors (Lipinski definition) is 0. The van der Waals surface area contributed by atoms with Crippen LogP contribution in [0.4, 0.5) is 0 Å². The summed E-state index contributed by atoms with van der Waals surface area (Å²) < 4.78 is 5.83. The Morgan fingerprint density at radius 3 is 2.82 bits per heavy atom. The van der Waals surface area contributed by atoms with Crippen LogP contribution in [-0.4, -0.2) is 59.4 Å². The minimum absolute atomic E-state index is 0.0195. The summed E-state index contributed by atoms with van der Waals surface area (Å²) in [4.78, 5) is 31.7. The van der Waals surface area contributed by atoms with Crippen LogP contribution in [0.5, 0.6) is 5.88 Å². The predicted octanol–water partition coefficient (Wildman–Crippen LogP) is 0.848. The Hall–Kier alpha value is -2.11. The highest BCUT2D eigenvalue weighted by atomic mass is 16.5. The van der Waals surface area contributed by atoms with Crippen LogP contribution in [0.25, 0.3) is 0 Å². The van der Waals surface area contributed by atoms with Gasteiger partial charge in [0.05, 0.1) is 12.5 Å². The van der Waals surface area contributed by atoms with Gasteiger partial charge in [-0.2, -0.15) is 0 Å². The number of rotatable bonds is 3. The first kappa shape index (κ1) is 14.8. The lowest BCUT2D eigenvalue weighted by Gasteiger charge is -2.20. The van der Waals surface area contributed by atoms with Crippen LogP contribution in [0.1, 0.15) is 18.4 Å². The normalized spacial score (nSPS) is 24.9. The van der Waals surface area contributed by atoms with Crippen molar-refractivity contribution in [2.45, 2.75) is 25.9 Å². The Labute approximate surface area is 130 Å². The van der Waals surface area contributed by atoms with E-state index >= 15 is 0 Å². The van der Waals surface area contributed by atoms with E-state index in [-0.39, 0.29) is 23.8 Å². The van der Waals surface area contributed by atoms with Gasteiger partial charge in [-0.25, -0.2) is 4.98 Å². The molecule has 22 heavy (non-hydrogen) atoms. The molecule has 2 aliphatic heterocycles. The van der Waals surface area contributed by atoms with Crippen molar-refractivity contribution in [3.63, 3.8) is 0 Å². The molecule has 2 saturated heterocycles. The topological polar surface area (TPSA) is 62.7 Å². The van der Waals surface area contributed by atoms with Gasteiger partial charge in [0, 0.05) is 45.2 Å². The van der Waals surface area contributed by atoms with Crippen molar-refractivity contribution in [3.05, 3.63) is 23.9 Å². The van der Waals surface area contributed by atoms with Crippen molar-refractivity contribution in [3.8, 4) is 5.88 Å². The van der Waals surface area contributed by atoms with Crippen molar-refractivity contribution < 1.29 is 14.3 Å². The number of carbonyl (C=O) groups excluding carboxylic acids is 2. The minimum atomic E-state index is -0.200. The maximum Gasteiger partial charge on any atom is 0.228 e. The van der Waals surface area contributed by atoms with Gasteiger partial charge in [0.15, 0.2) is 0 Å². The first-order valence-electron chi connectivity index (χ1n) is 7.65. The molecule has 2 atom stereocenters. The number of amides is 2. The first-order chi connectivity index (χ1) is 10.5. The third-order valence-electron chi connectivity index (χ3n) is 4.32. The lowest BCUT2D eigenvalue weighted by Crippen LogP contribution is -2.36. The zero-order chi connectivity index (χ0) is 15.7. The molecule has 2 fully saturated rings. The minimum Gasteiger partial charge on any atom is -0.472 e. The number of hydrogen-bond acceptors (Lipinski definition) is 4. The standard InChI is InChI=1S/C16H21N3O3/c1-11-3-4-14(17-8-11)22-13-5-6-19(10-13)16(21)12-7-15(20)18(2)9-12/h3-4,8,12-13H,5-7,9-10H2,1-2H3. The maximum atomic E-state index is 12.5. The van der Waals surface area contributed by atoms with Gasteiger partial charge in [0.2, 0.25) is 17.7 Å². The molecule has 3 heterocycles. The molecule has 0 aliphatic carbocycles. The van der Waals surface area contributed by atoms with E-state index in [1.807, 2.05) is 24.0 Å². The molecule has 0 saturated carbocycles. The van der Waals surface area contributed by atoms with Gasteiger partial charge < -0.3 is 14.5 Å². The molecule has 0 aromatic carbocycles. The molecule has 0 N–H and O–H groups in total. The Balaban J connectivity index is 1.54. The number of carbonyl (C=O) groups is 2. The lowest BCUT2D eigenvalue weighted by molar-refractivity contribution is -0.135. The monoisotopic (exact) mass is 303 g/mol. The molecule has 6 nitrogen and oxygen atoms in total.